The summed E-state index contributed by atoms with van der Waals surface area (Å²) in [6.45, 7) is 1.29. The zero-order valence-corrected chi connectivity index (χ0v) is 13.9. The molecule has 0 aliphatic heterocycles. The molecule has 0 saturated carbocycles. The number of carbonyl (C=O) groups excluding carboxylic acids is 3. The van der Waals surface area contributed by atoms with E-state index in [2.05, 4.69) is 0 Å². The lowest BCUT2D eigenvalue weighted by molar-refractivity contribution is -0.113. The van der Waals surface area contributed by atoms with Crippen LogP contribution in [0.15, 0.2) is 66.2 Å². The van der Waals surface area contributed by atoms with Gasteiger partial charge in [0.05, 0.1) is 5.57 Å². The molecule has 0 radical (unpaired) electrons. The Kier molecular flexibility index (Phi) is 5.42. The summed E-state index contributed by atoms with van der Waals surface area (Å²) in [5, 5.41) is 0. The summed E-state index contributed by atoms with van der Waals surface area (Å²) in [6.07, 6.45) is 1.13. The van der Waals surface area contributed by atoms with Crippen molar-refractivity contribution in [3.8, 4) is 0 Å². The lowest BCUT2D eigenvalue weighted by Crippen LogP contribution is -2.13. The molecule has 2 aromatic carbocycles. The van der Waals surface area contributed by atoms with Crippen LogP contribution in [0.1, 0.15) is 27.6 Å². The van der Waals surface area contributed by atoms with E-state index in [0.717, 1.165) is 11.8 Å². The number of carbonyl (C=O) groups is 3. The van der Waals surface area contributed by atoms with Crippen molar-refractivity contribution in [2.45, 2.75) is 6.92 Å². The lowest BCUT2D eigenvalue weighted by Gasteiger charge is -2.12. The molecule has 0 aliphatic rings. The van der Waals surface area contributed by atoms with Gasteiger partial charge in [0.15, 0.2) is 17.3 Å². The minimum absolute atomic E-state index is 0.108. The largest absolute Gasteiger partial charge is 0.378 e. The van der Waals surface area contributed by atoms with Gasteiger partial charge >= 0.3 is 0 Å². The van der Waals surface area contributed by atoms with E-state index in [4.69, 9.17) is 0 Å². The second-order valence-electron chi connectivity index (χ2n) is 5.61. The van der Waals surface area contributed by atoms with E-state index in [-0.39, 0.29) is 11.4 Å². The van der Waals surface area contributed by atoms with Crippen molar-refractivity contribution in [1.29, 1.82) is 0 Å². The molecule has 24 heavy (non-hydrogen) atoms. The number of rotatable bonds is 6. The van der Waals surface area contributed by atoms with Gasteiger partial charge in [-0.05, 0) is 31.2 Å². The number of hydrogen-bond acceptors (Lipinski definition) is 4. The van der Waals surface area contributed by atoms with Gasteiger partial charge in [0.1, 0.15) is 0 Å². The maximum atomic E-state index is 12.4. The van der Waals surface area contributed by atoms with Gasteiger partial charge in [-0.1, -0.05) is 30.3 Å². The number of nitrogens with zero attached hydrogens (tertiary/aromatic N) is 1. The van der Waals surface area contributed by atoms with Gasteiger partial charge in [-0.3, -0.25) is 14.4 Å². The Hall–Kier alpha value is -3.01. The molecule has 0 amide bonds. The van der Waals surface area contributed by atoms with Crippen LogP contribution in [0, 0.1) is 0 Å². The maximum Gasteiger partial charge on any atom is 0.196 e. The van der Waals surface area contributed by atoms with Crippen LogP contribution in [-0.2, 0) is 4.79 Å². The van der Waals surface area contributed by atoms with E-state index < -0.39 is 11.6 Å². The molecule has 0 unspecified atom stereocenters. The monoisotopic (exact) mass is 321 g/mol. The number of ketones is 3. The highest BCUT2D eigenvalue weighted by Gasteiger charge is 2.18. The third-order valence-electron chi connectivity index (χ3n) is 3.60. The van der Waals surface area contributed by atoms with E-state index in [0.29, 0.717) is 11.1 Å². The first kappa shape index (κ1) is 17.3. The number of allylic oxidation sites excluding steroid dienone is 2. The van der Waals surface area contributed by atoms with Crippen molar-refractivity contribution in [3.63, 3.8) is 0 Å². The molecular weight excluding hydrogens is 302 g/mol. The fourth-order valence-electron chi connectivity index (χ4n) is 2.21. The van der Waals surface area contributed by atoms with Crippen LogP contribution < -0.4 is 4.90 Å². The van der Waals surface area contributed by atoms with Gasteiger partial charge in [0.2, 0.25) is 0 Å². The van der Waals surface area contributed by atoms with Crippen LogP contribution in [0.5, 0.6) is 0 Å². The van der Waals surface area contributed by atoms with Crippen LogP contribution in [0.25, 0.3) is 0 Å². The third-order valence-corrected chi connectivity index (χ3v) is 3.60. The molecule has 0 aliphatic carbocycles. The second kappa shape index (κ2) is 7.51. The van der Waals surface area contributed by atoms with Crippen molar-refractivity contribution in [2.75, 3.05) is 19.0 Å². The van der Waals surface area contributed by atoms with Crippen LogP contribution in [0.4, 0.5) is 5.69 Å². The first-order chi connectivity index (χ1) is 11.4. The molecule has 0 atom stereocenters. The maximum absolute atomic E-state index is 12.4. The van der Waals surface area contributed by atoms with E-state index in [1.807, 2.05) is 31.1 Å². The van der Waals surface area contributed by atoms with Crippen LogP contribution in [0.3, 0.4) is 0 Å². The van der Waals surface area contributed by atoms with Crippen molar-refractivity contribution in [3.05, 3.63) is 77.4 Å². The van der Waals surface area contributed by atoms with Crippen LogP contribution >= 0.6 is 0 Å². The van der Waals surface area contributed by atoms with E-state index in [1.54, 1.807) is 42.5 Å². The Balaban J connectivity index is 2.32. The van der Waals surface area contributed by atoms with Crippen molar-refractivity contribution in [1.82, 2.24) is 0 Å². The smallest absolute Gasteiger partial charge is 0.196 e. The fraction of sp³-hybridized carbons (Fsp3) is 0.150. The molecule has 0 bridgehead atoms. The van der Waals surface area contributed by atoms with Crippen LogP contribution in [-0.4, -0.2) is 31.4 Å². The molecule has 0 spiro atoms. The first-order valence-corrected chi connectivity index (χ1v) is 7.54. The quantitative estimate of drug-likeness (QED) is 0.354. The second-order valence-corrected chi connectivity index (χ2v) is 5.61. The molecule has 0 aromatic heterocycles. The molecule has 122 valence electrons. The standard InChI is InChI=1S/C20H19NO3/c1-14(22)18(20(24)16-7-5-4-6-8-16)13-19(23)15-9-11-17(12-10-15)21(2)3/h4-13H,1-3H3/b18-13-. The highest BCUT2D eigenvalue weighted by atomic mass is 16.2. The number of hydrogen-bond donors (Lipinski definition) is 0. The summed E-state index contributed by atoms with van der Waals surface area (Å²) < 4.78 is 0. The zero-order valence-electron chi connectivity index (χ0n) is 13.9. The van der Waals surface area contributed by atoms with Gasteiger partial charge in [-0.15, -0.1) is 0 Å². The fourth-order valence-corrected chi connectivity index (χ4v) is 2.21. The van der Waals surface area contributed by atoms with E-state index >= 15 is 0 Å². The number of benzene rings is 2. The normalized spacial score (nSPS) is 11.0. The summed E-state index contributed by atoms with van der Waals surface area (Å²) in [4.78, 5) is 38.6. The minimum Gasteiger partial charge on any atom is -0.378 e. The Bertz CT molecular complexity index is 787. The highest BCUT2D eigenvalue weighted by molar-refractivity contribution is 6.28. The summed E-state index contributed by atoms with van der Waals surface area (Å²) in [5.74, 6) is -1.24. The summed E-state index contributed by atoms with van der Waals surface area (Å²) in [6, 6.07) is 15.4. The Morgan fingerprint density at radius 1 is 0.833 bits per heavy atom. The Morgan fingerprint density at radius 2 is 1.42 bits per heavy atom. The molecule has 0 N–H and O–H groups in total. The molecule has 4 nitrogen and oxygen atoms in total. The van der Waals surface area contributed by atoms with E-state index in [9.17, 15) is 14.4 Å². The Morgan fingerprint density at radius 3 is 1.92 bits per heavy atom. The SMILES string of the molecule is CC(=O)/C(=C/C(=O)c1ccc(N(C)C)cc1)C(=O)c1ccccc1. The molecule has 2 rings (SSSR count). The summed E-state index contributed by atoms with van der Waals surface area (Å²) >= 11 is 0. The predicted octanol–water partition coefficient (Wildman–Crippen LogP) is 3.33. The summed E-state index contributed by atoms with van der Waals surface area (Å²) in [7, 11) is 3.81. The average Bonchev–Trinajstić information content (AvgIpc) is 2.59. The minimum atomic E-state index is -0.443. The third kappa shape index (κ3) is 4.04. The summed E-state index contributed by atoms with van der Waals surface area (Å²) in [5.41, 5.74) is 1.67. The topological polar surface area (TPSA) is 54.5 Å². The first-order valence-electron chi connectivity index (χ1n) is 7.54. The molecule has 4 heteroatoms. The number of Topliss-reactive ketones (excluding diaryl/α,β-unsaturated/α-hetero) is 2. The molecule has 0 heterocycles. The van der Waals surface area contributed by atoms with Gasteiger partial charge in [0, 0.05) is 37.0 Å². The lowest BCUT2D eigenvalue weighted by atomic mass is 9.98. The Labute approximate surface area is 141 Å². The van der Waals surface area contributed by atoms with Crippen molar-refractivity contribution >= 4 is 23.0 Å². The van der Waals surface area contributed by atoms with E-state index in [1.165, 1.54) is 6.92 Å². The van der Waals surface area contributed by atoms with Crippen molar-refractivity contribution in [2.24, 2.45) is 0 Å². The van der Waals surface area contributed by atoms with Gasteiger partial charge in [0.25, 0.3) is 0 Å². The zero-order chi connectivity index (χ0) is 17.7. The van der Waals surface area contributed by atoms with Gasteiger partial charge < -0.3 is 4.90 Å². The molecule has 2 aromatic rings. The molecule has 0 fully saturated rings. The highest BCUT2D eigenvalue weighted by Crippen LogP contribution is 2.15. The van der Waals surface area contributed by atoms with Crippen molar-refractivity contribution < 1.29 is 14.4 Å². The molecule has 0 saturated heterocycles. The predicted molar refractivity (Wildman–Crippen MR) is 94.6 cm³/mol. The van der Waals surface area contributed by atoms with Crippen LogP contribution in [0.2, 0.25) is 0 Å². The average molecular weight is 321 g/mol. The van der Waals surface area contributed by atoms with Gasteiger partial charge in [-0.2, -0.15) is 0 Å². The number of anilines is 1. The van der Waals surface area contributed by atoms with Gasteiger partial charge in [-0.25, -0.2) is 0 Å². The molecular formula is C20H19NO3.